The molecule has 1 aliphatic rings. The molecule has 0 aromatic heterocycles. The average molecular weight is 308 g/mol. The molecule has 3 atom stereocenters. The number of ether oxygens (including phenoxy) is 1. The van der Waals surface area contributed by atoms with Gasteiger partial charge in [0.25, 0.3) is 0 Å². The van der Waals surface area contributed by atoms with Crippen LogP contribution in [0, 0.1) is 17.8 Å². The lowest BCUT2D eigenvalue weighted by atomic mass is 9.75. The van der Waals surface area contributed by atoms with E-state index < -0.39 is 0 Å². The topological polar surface area (TPSA) is 9.23 Å². The highest BCUT2D eigenvalue weighted by atomic mass is 127. The fraction of sp³-hybridized carbons (Fsp3) is 0.833. The van der Waals surface area contributed by atoms with Crippen molar-refractivity contribution in [1.29, 1.82) is 0 Å². The molecule has 1 saturated carbocycles. The Morgan fingerprint density at radius 3 is 2.64 bits per heavy atom. The van der Waals surface area contributed by atoms with Gasteiger partial charge in [-0.2, -0.15) is 0 Å². The van der Waals surface area contributed by atoms with Gasteiger partial charge in [0, 0.05) is 4.08 Å². The Balaban J connectivity index is 2.54. The highest BCUT2D eigenvalue weighted by molar-refractivity contribution is 14.1. The van der Waals surface area contributed by atoms with Crippen molar-refractivity contribution in [3.63, 3.8) is 0 Å². The number of halogens is 1. The Hall–Kier alpha value is 0.270. The molecule has 82 valence electrons. The summed E-state index contributed by atoms with van der Waals surface area (Å²) in [5.74, 6) is 2.33. The minimum absolute atomic E-state index is 0.449. The van der Waals surface area contributed by atoms with Gasteiger partial charge in [0.15, 0.2) is 0 Å². The van der Waals surface area contributed by atoms with Crippen LogP contribution in [0.3, 0.4) is 0 Å². The molecule has 0 N–H and O–H groups in total. The number of hydrogen-bond donors (Lipinski definition) is 0. The summed E-state index contributed by atoms with van der Waals surface area (Å²) < 4.78 is 7.74. The molecule has 0 amide bonds. The van der Waals surface area contributed by atoms with Crippen LogP contribution in [-0.2, 0) is 4.74 Å². The lowest BCUT2D eigenvalue weighted by Gasteiger charge is -2.36. The van der Waals surface area contributed by atoms with E-state index in [1.165, 1.54) is 19.3 Å². The summed E-state index contributed by atoms with van der Waals surface area (Å²) in [6.07, 6.45) is 6.22. The Morgan fingerprint density at radius 2 is 2.07 bits per heavy atom. The second-order valence-electron chi connectivity index (χ2n) is 4.76. The van der Waals surface area contributed by atoms with E-state index in [0.717, 1.165) is 17.8 Å². The van der Waals surface area contributed by atoms with Crippen LogP contribution in [0.15, 0.2) is 10.3 Å². The zero-order chi connectivity index (χ0) is 10.6. The van der Waals surface area contributed by atoms with Crippen LogP contribution in [0.25, 0.3) is 0 Å². The molecule has 0 saturated heterocycles. The summed E-state index contributed by atoms with van der Waals surface area (Å²) in [7, 11) is 0. The first kappa shape index (κ1) is 12.3. The van der Waals surface area contributed by atoms with Crippen molar-refractivity contribution in [2.45, 2.75) is 46.1 Å². The van der Waals surface area contributed by atoms with Gasteiger partial charge in [-0.25, -0.2) is 0 Å². The van der Waals surface area contributed by atoms with E-state index >= 15 is 0 Å². The Bertz CT molecular complexity index is 189. The predicted molar refractivity (Wildman–Crippen MR) is 69.4 cm³/mol. The highest BCUT2D eigenvalue weighted by Crippen LogP contribution is 2.35. The van der Waals surface area contributed by atoms with Gasteiger partial charge in [-0.1, -0.05) is 27.2 Å². The molecular weight excluding hydrogens is 287 g/mol. The third-order valence-electron chi connectivity index (χ3n) is 3.27. The molecule has 0 aromatic rings. The van der Waals surface area contributed by atoms with E-state index in [9.17, 15) is 0 Å². The summed E-state index contributed by atoms with van der Waals surface area (Å²) in [5, 5.41) is 0. The SMILES string of the molecule is CC(C)[C@@H]1CC[C@@H](C)C[C@H]1O/C=C/I. The Kier molecular flexibility index (Phi) is 5.28. The van der Waals surface area contributed by atoms with E-state index in [1.807, 2.05) is 10.3 Å². The zero-order valence-corrected chi connectivity index (χ0v) is 11.5. The van der Waals surface area contributed by atoms with Crippen LogP contribution in [0.2, 0.25) is 0 Å². The quantitative estimate of drug-likeness (QED) is 0.556. The summed E-state index contributed by atoms with van der Waals surface area (Å²) in [6, 6.07) is 0. The van der Waals surface area contributed by atoms with E-state index in [4.69, 9.17) is 4.74 Å². The molecule has 1 rings (SSSR count). The smallest absolute Gasteiger partial charge is 0.101 e. The van der Waals surface area contributed by atoms with Gasteiger partial charge in [0.1, 0.15) is 6.10 Å². The van der Waals surface area contributed by atoms with Crippen LogP contribution < -0.4 is 0 Å². The molecule has 0 heterocycles. The molecule has 0 aromatic carbocycles. The molecule has 1 nitrogen and oxygen atoms in total. The van der Waals surface area contributed by atoms with Crippen LogP contribution in [0.1, 0.15) is 40.0 Å². The minimum Gasteiger partial charge on any atom is -0.497 e. The average Bonchev–Trinajstić information content (AvgIpc) is 2.14. The maximum atomic E-state index is 5.79. The van der Waals surface area contributed by atoms with Crippen LogP contribution in [-0.4, -0.2) is 6.10 Å². The van der Waals surface area contributed by atoms with E-state index in [1.54, 1.807) is 0 Å². The van der Waals surface area contributed by atoms with Crippen LogP contribution in [0.4, 0.5) is 0 Å². The van der Waals surface area contributed by atoms with Crippen molar-refractivity contribution in [2.24, 2.45) is 17.8 Å². The number of hydrogen-bond acceptors (Lipinski definition) is 1. The molecule has 14 heavy (non-hydrogen) atoms. The summed E-state index contributed by atoms with van der Waals surface area (Å²) in [6.45, 7) is 6.95. The lowest BCUT2D eigenvalue weighted by molar-refractivity contribution is 0.0139. The zero-order valence-electron chi connectivity index (χ0n) is 9.37. The second kappa shape index (κ2) is 5.99. The van der Waals surface area contributed by atoms with Crippen molar-refractivity contribution >= 4 is 22.6 Å². The number of rotatable bonds is 3. The predicted octanol–water partition coefficient (Wildman–Crippen LogP) is 4.37. The molecule has 0 aliphatic heterocycles. The third-order valence-corrected chi connectivity index (χ3v) is 3.56. The van der Waals surface area contributed by atoms with E-state index in [2.05, 4.69) is 43.4 Å². The summed E-state index contributed by atoms with van der Waals surface area (Å²) in [4.78, 5) is 0. The van der Waals surface area contributed by atoms with Crippen molar-refractivity contribution in [3.8, 4) is 0 Å². The van der Waals surface area contributed by atoms with Gasteiger partial charge in [-0.15, -0.1) is 0 Å². The maximum Gasteiger partial charge on any atom is 0.101 e. The maximum absolute atomic E-state index is 5.79. The van der Waals surface area contributed by atoms with Crippen molar-refractivity contribution in [2.75, 3.05) is 0 Å². The van der Waals surface area contributed by atoms with Crippen LogP contribution in [0.5, 0.6) is 0 Å². The van der Waals surface area contributed by atoms with Crippen molar-refractivity contribution in [3.05, 3.63) is 10.3 Å². The standard InChI is InChI=1S/C12H21IO/c1-9(2)11-5-4-10(3)8-12(11)14-7-6-13/h6-7,9-12H,4-5,8H2,1-3H3/b7-6+/t10-,11+,12-/m1/s1. The molecule has 2 heteroatoms. The van der Waals surface area contributed by atoms with Gasteiger partial charge >= 0.3 is 0 Å². The molecule has 0 radical (unpaired) electrons. The largest absolute Gasteiger partial charge is 0.497 e. The fourth-order valence-electron chi connectivity index (χ4n) is 2.40. The Labute approximate surface area is 101 Å². The fourth-order valence-corrected chi connectivity index (χ4v) is 2.57. The molecular formula is C12H21IO. The van der Waals surface area contributed by atoms with Gasteiger partial charge in [0.05, 0.1) is 6.26 Å². The van der Waals surface area contributed by atoms with Gasteiger partial charge in [-0.05, 0) is 53.2 Å². The van der Waals surface area contributed by atoms with Crippen molar-refractivity contribution < 1.29 is 4.74 Å². The first-order chi connectivity index (χ1) is 6.65. The minimum atomic E-state index is 0.449. The van der Waals surface area contributed by atoms with E-state index in [0.29, 0.717) is 6.10 Å². The van der Waals surface area contributed by atoms with E-state index in [-0.39, 0.29) is 0 Å². The molecule has 0 spiro atoms. The summed E-state index contributed by atoms with van der Waals surface area (Å²) in [5.41, 5.74) is 0. The Morgan fingerprint density at radius 1 is 1.36 bits per heavy atom. The monoisotopic (exact) mass is 308 g/mol. The third kappa shape index (κ3) is 3.44. The van der Waals surface area contributed by atoms with Gasteiger partial charge in [0.2, 0.25) is 0 Å². The molecule has 0 bridgehead atoms. The molecule has 1 aliphatic carbocycles. The molecule has 0 unspecified atom stereocenters. The summed E-state index contributed by atoms with van der Waals surface area (Å²) >= 11 is 2.21. The van der Waals surface area contributed by atoms with Crippen molar-refractivity contribution in [1.82, 2.24) is 0 Å². The molecule has 1 fully saturated rings. The normalized spacial score (nSPS) is 33.9. The highest BCUT2D eigenvalue weighted by Gasteiger charge is 2.31. The van der Waals surface area contributed by atoms with Crippen LogP contribution >= 0.6 is 22.6 Å². The van der Waals surface area contributed by atoms with Gasteiger partial charge in [-0.3, -0.25) is 0 Å². The van der Waals surface area contributed by atoms with Gasteiger partial charge < -0.3 is 4.74 Å². The second-order valence-corrected chi connectivity index (χ2v) is 5.48. The first-order valence-electron chi connectivity index (χ1n) is 5.55. The lowest BCUT2D eigenvalue weighted by Crippen LogP contribution is -2.33. The first-order valence-corrected chi connectivity index (χ1v) is 6.80.